The number of hydrogen-bond acceptors (Lipinski definition) is 5. The van der Waals surface area contributed by atoms with Crippen molar-refractivity contribution in [1.29, 1.82) is 0 Å². The van der Waals surface area contributed by atoms with Crippen LogP contribution in [0.2, 0.25) is 0 Å². The van der Waals surface area contributed by atoms with Gasteiger partial charge in [-0.1, -0.05) is 13.8 Å². The first-order valence-electron chi connectivity index (χ1n) is 6.59. The van der Waals surface area contributed by atoms with E-state index in [2.05, 4.69) is 0 Å². The van der Waals surface area contributed by atoms with E-state index < -0.39 is 20.6 Å². The Kier molecular flexibility index (Phi) is 5.30. The number of nitrogen functional groups attached to an aromatic ring is 1. The van der Waals surface area contributed by atoms with E-state index in [1.165, 1.54) is 23.5 Å². The van der Waals surface area contributed by atoms with Crippen LogP contribution in [0.3, 0.4) is 0 Å². The standard InChI is InChI=1S/C13H21N3O4S/c1-9(2)7-10(3)15(4)21(19,20)11-5-6-12(14)13(8-11)16(17)18/h5-6,8-10H,7,14H2,1-4H3. The number of anilines is 1. The lowest BCUT2D eigenvalue weighted by Gasteiger charge is -2.25. The summed E-state index contributed by atoms with van der Waals surface area (Å²) in [6.07, 6.45) is 0.701. The van der Waals surface area contributed by atoms with Crippen molar-refractivity contribution >= 4 is 21.4 Å². The summed E-state index contributed by atoms with van der Waals surface area (Å²) in [7, 11) is -2.31. The highest BCUT2D eigenvalue weighted by Crippen LogP contribution is 2.27. The molecule has 0 saturated heterocycles. The number of rotatable bonds is 6. The molecule has 0 aliphatic carbocycles. The van der Waals surface area contributed by atoms with Gasteiger partial charge in [0.25, 0.3) is 5.69 Å². The molecule has 0 saturated carbocycles. The summed E-state index contributed by atoms with van der Waals surface area (Å²) in [6.45, 7) is 5.82. The van der Waals surface area contributed by atoms with Gasteiger partial charge in [0.05, 0.1) is 9.82 Å². The van der Waals surface area contributed by atoms with Crippen LogP contribution >= 0.6 is 0 Å². The fraction of sp³-hybridized carbons (Fsp3) is 0.538. The number of benzene rings is 1. The maximum Gasteiger partial charge on any atom is 0.293 e. The normalized spacial score (nSPS) is 13.6. The van der Waals surface area contributed by atoms with Crippen LogP contribution in [-0.2, 0) is 10.0 Å². The summed E-state index contributed by atoms with van der Waals surface area (Å²) in [5, 5.41) is 10.9. The smallest absolute Gasteiger partial charge is 0.293 e. The van der Waals surface area contributed by atoms with Gasteiger partial charge in [0.2, 0.25) is 10.0 Å². The Morgan fingerprint density at radius 1 is 1.33 bits per heavy atom. The third kappa shape index (κ3) is 3.92. The molecule has 1 rings (SSSR count). The highest BCUT2D eigenvalue weighted by molar-refractivity contribution is 7.89. The van der Waals surface area contributed by atoms with Gasteiger partial charge < -0.3 is 5.73 Å². The second kappa shape index (κ2) is 6.40. The first kappa shape index (κ1) is 17.4. The van der Waals surface area contributed by atoms with Crippen LogP contribution in [0.5, 0.6) is 0 Å². The quantitative estimate of drug-likeness (QED) is 0.492. The van der Waals surface area contributed by atoms with Gasteiger partial charge in [0.15, 0.2) is 0 Å². The van der Waals surface area contributed by atoms with Crippen LogP contribution < -0.4 is 5.73 Å². The van der Waals surface area contributed by atoms with E-state index in [1.54, 1.807) is 0 Å². The fourth-order valence-corrected chi connectivity index (χ4v) is 3.47. The van der Waals surface area contributed by atoms with E-state index in [9.17, 15) is 18.5 Å². The van der Waals surface area contributed by atoms with E-state index in [0.29, 0.717) is 12.3 Å². The first-order chi connectivity index (χ1) is 9.57. The third-order valence-electron chi connectivity index (χ3n) is 3.31. The van der Waals surface area contributed by atoms with Gasteiger partial charge in [-0.2, -0.15) is 4.31 Å². The maximum absolute atomic E-state index is 12.5. The average molecular weight is 315 g/mol. The molecule has 118 valence electrons. The third-order valence-corrected chi connectivity index (χ3v) is 5.28. The zero-order valence-corrected chi connectivity index (χ0v) is 13.4. The summed E-state index contributed by atoms with van der Waals surface area (Å²) < 4.78 is 26.2. The van der Waals surface area contributed by atoms with Crippen molar-refractivity contribution in [3.8, 4) is 0 Å². The molecular weight excluding hydrogens is 294 g/mol. The minimum absolute atomic E-state index is 0.0585. The Morgan fingerprint density at radius 2 is 1.90 bits per heavy atom. The monoisotopic (exact) mass is 315 g/mol. The molecule has 0 amide bonds. The molecule has 0 fully saturated rings. The van der Waals surface area contributed by atoms with Gasteiger partial charge in [-0.25, -0.2) is 8.42 Å². The second-order valence-electron chi connectivity index (χ2n) is 5.48. The van der Waals surface area contributed by atoms with E-state index in [0.717, 1.165) is 6.07 Å². The number of nitrogens with zero attached hydrogens (tertiary/aromatic N) is 2. The number of nitrogens with two attached hydrogens (primary N) is 1. The van der Waals surface area contributed by atoms with E-state index in [1.807, 2.05) is 20.8 Å². The Balaban J connectivity index is 3.19. The van der Waals surface area contributed by atoms with Gasteiger partial charge in [-0.3, -0.25) is 10.1 Å². The molecule has 0 spiro atoms. The molecule has 1 atom stereocenters. The summed E-state index contributed by atoms with van der Waals surface area (Å²) in [5.74, 6) is 0.346. The van der Waals surface area contributed by atoms with Crippen molar-refractivity contribution in [1.82, 2.24) is 4.31 Å². The van der Waals surface area contributed by atoms with Crippen molar-refractivity contribution < 1.29 is 13.3 Å². The zero-order chi connectivity index (χ0) is 16.4. The maximum atomic E-state index is 12.5. The van der Waals surface area contributed by atoms with Gasteiger partial charge in [-0.15, -0.1) is 0 Å². The van der Waals surface area contributed by atoms with Gasteiger partial charge >= 0.3 is 0 Å². The molecule has 21 heavy (non-hydrogen) atoms. The molecule has 2 N–H and O–H groups in total. The van der Waals surface area contributed by atoms with Crippen molar-refractivity contribution in [2.45, 2.75) is 38.1 Å². The minimum atomic E-state index is -3.78. The lowest BCUT2D eigenvalue weighted by atomic mass is 10.1. The minimum Gasteiger partial charge on any atom is -0.393 e. The summed E-state index contributed by atoms with van der Waals surface area (Å²) in [4.78, 5) is 10.1. The largest absolute Gasteiger partial charge is 0.393 e. The average Bonchev–Trinajstić information content (AvgIpc) is 2.36. The number of nitro groups is 1. The van der Waals surface area contributed by atoms with Crippen LogP contribution in [0.15, 0.2) is 23.1 Å². The topological polar surface area (TPSA) is 107 Å². The van der Waals surface area contributed by atoms with Gasteiger partial charge in [-0.05, 0) is 31.4 Å². The predicted molar refractivity (Wildman–Crippen MR) is 81.4 cm³/mol. The van der Waals surface area contributed by atoms with E-state index >= 15 is 0 Å². The van der Waals surface area contributed by atoms with E-state index in [-0.39, 0.29) is 16.6 Å². The molecule has 1 unspecified atom stereocenters. The SMILES string of the molecule is CC(C)CC(C)N(C)S(=O)(=O)c1ccc(N)c([N+](=O)[O-])c1. The summed E-state index contributed by atoms with van der Waals surface area (Å²) in [6, 6.07) is 3.33. The van der Waals surface area contributed by atoms with Crippen LogP contribution in [0.4, 0.5) is 11.4 Å². The highest BCUT2D eigenvalue weighted by Gasteiger charge is 2.28. The Hall–Kier alpha value is -1.67. The van der Waals surface area contributed by atoms with Crippen molar-refractivity contribution in [3.05, 3.63) is 28.3 Å². The molecule has 1 aromatic rings. The number of nitro benzene ring substituents is 1. The lowest BCUT2D eigenvalue weighted by molar-refractivity contribution is -0.384. The first-order valence-corrected chi connectivity index (χ1v) is 8.03. The molecule has 0 radical (unpaired) electrons. The Bertz CT molecular complexity index is 628. The van der Waals surface area contributed by atoms with Crippen LogP contribution in [-0.4, -0.2) is 30.7 Å². The van der Waals surface area contributed by atoms with Crippen LogP contribution in [0.25, 0.3) is 0 Å². The van der Waals surface area contributed by atoms with E-state index in [4.69, 9.17) is 5.73 Å². The van der Waals surface area contributed by atoms with Crippen LogP contribution in [0.1, 0.15) is 27.2 Å². The van der Waals surface area contributed by atoms with Gasteiger partial charge in [0, 0.05) is 19.2 Å². The van der Waals surface area contributed by atoms with Crippen molar-refractivity contribution in [2.24, 2.45) is 5.92 Å². The molecular formula is C13H21N3O4S. The molecule has 0 bridgehead atoms. The number of hydrogen-bond donors (Lipinski definition) is 1. The number of sulfonamides is 1. The molecule has 0 aliphatic rings. The van der Waals surface area contributed by atoms with Crippen LogP contribution in [0, 0.1) is 16.0 Å². The molecule has 0 aromatic heterocycles. The summed E-state index contributed by atoms with van der Waals surface area (Å²) in [5.41, 5.74) is 5.03. The summed E-state index contributed by atoms with van der Waals surface area (Å²) >= 11 is 0. The molecule has 7 nitrogen and oxygen atoms in total. The van der Waals surface area contributed by atoms with Crippen molar-refractivity contribution in [2.75, 3.05) is 12.8 Å². The molecule has 0 heterocycles. The highest BCUT2D eigenvalue weighted by atomic mass is 32.2. The molecule has 1 aromatic carbocycles. The molecule has 0 aliphatic heterocycles. The Labute approximate surface area is 124 Å². The lowest BCUT2D eigenvalue weighted by Crippen LogP contribution is -2.35. The van der Waals surface area contributed by atoms with Crippen molar-refractivity contribution in [3.63, 3.8) is 0 Å². The molecule has 8 heteroatoms. The van der Waals surface area contributed by atoms with Gasteiger partial charge in [0.1, 0.15) is 5.69 Å². The predicted octanol–water partition coefficient (Wildman–Crippen LogP) is 2.23. The second-order valence-corrected chi connectivity index (χ2v) is 7.48. The zero-order valence-electron chi connectivity index (χ0n) is 12.6. The Morgan fingerprint density at radius 3 is 2.38 bits per heavy atom. The fourth-order valence-electron chi connectivity index (χ4n) is 2.08.